The van der Waals surface area contributed by atoms with Gasteiger partial charge in [0.1, 0.15) is 5.82 Å². The highest BCUT2D eigenvalue weighted by Gasteiger charge is 2.14. The van der Waals surface area contributed by atoms with E-state index in [4.69, 9.17) is 23.2 Å². The van der Waals surface area contributed by atoms with Crippen molar-refractivity contribution in [3.63, 3.8) is 0 Å². The molecule has 0 saturated carbocycles. The predicted octanol–water partition coefficient (Wildman–Crippen LogP) is 4.04. The number of nitrogens with zero attached hydrogens (tertiary/aromatic N) is 4. The van der Waals surface area contributed by atoms with E-state index < -0.39 is 4.92 Å². The largest absolute Gasteiger partial charge is 0.352 e. The average Bonchev–Trinajstić information content (AvgIpc) is 3.14. The summed E-state index contributed by atoms with van der Waals surface area (Å²) < 4.78 is 1.75. The Balaban J connectivity index is 1.49. The number of benzene rings is 2. The molecular weight excluding hydrogens is 503 g/mol. The maximum atomic E-state index is 12.3. The van der Waals surface area contributed by atoms with Crippen LogP contribution in [0.25, 0.3) is 0 Å². The number of thioether (sulfide) groups is 1. The van der Waals surface area contributed by atoms with Crippen LogP contribution in [-0.2, 0) is 18.3 Å². The second kappa shape index (κ2) is 11.3. The number of aromatic nitrogens is 3. The number of rotatable bonds is 9. The third-order valence-corrected chi connectivity index (χ3v) is 6.53. The van der Waals surface area contributed by atoms with E-state index in [0.29, 0.717) is 50.8 Å². The number of amides is 2. The van der Waals surface area contributed by atoms with Gasteiger partial charge in [-0.3, -0.25) is 19.7 Å². The Bertz CT molecular complexity index is 1250. The van der Waals surface area contributed by atoms with Crippen LogP contribution in [0, 0.1) is 17.0 Å². The van der Waals surface area contributed by atoms with E-state index in [1.54, 1.807) is 30.7 Å². The molecule has 10 nitrogen and oxygen atoms in total. The SMILES string of the molecule is Cc1cc([N+](=O)[O-])ccc1NC(=O)CSc1nnc(CCNC(=O)c2ccc(Cl)c(Cl)c2)n1C. The van der Waals surface area contributed by atoms with Crippen LogP contribution in [0.3, 0.4) is 0 Å². The number of hydrogen-bond acceptors (Lipinski definition) is 7. The number of nitro groups is 1. The van der Waals surface area contributed by atoms with Gasteiger partial charge in [-0.1, -0.05) is 35.0 Å². The molecule has 0 aliphatic rings. The molecule has 34 heavy (non-hydrogen) atoms. The van der Waals surface area contributed by atoms with Gasteiger partial charge in [-0.2, -0.15) is 0 Å². The second-order valence-corrected chi connectivity index (χ2v) is 8.94. The molecule has 1 aromatic heterocycles. The number of hydrogen-bond donors (Lipinski definition) is 2. The average molecular weight is 523 g/mol. The van der Waals surface area contributed by atoms with Gasteiger partial charge in [0.25, 0.3) is 11.6 Å². The minimum atomic E-state index is -0.487. The highest BCUT2D eigenvalue weighted by molar-refractivity contribution is 7.99. The lowest BCUT2D eigenvalue weighted by Crippen LogP contribution is -2.26. The van der Waals surface area contributed by atoms with Crippen LogP contribution in [0.5, 0.6) is 0 Å². The number of anilines is 1. The zero-order chi connectivity index (χ0) is 24.8. The highest BCUT2D eigenvalue weighted by Crippen LogP contribution is 2.23. The monoisotopic (exact) mass is 522 g/mol. The molecule has 2 amide bonds. The third-order valence-electron chi connectivity index (χ3n) is 4.77. The van der Waals surface area contributed by atoms with Gasteiger partial charge in [0, 0.05) is 43.4 Å². The van der Waals surface area contributed by atoms with Crippen molar-refractivity contribution in [3.8, 4) is 0 Å². The summed E-state index contributed by atoms with van der Waals surface area (Å²) in [6.45, 7) is 2.01. The minimum absolute atomic E-state index is 0.0374. The maximum absolute atomic E-state index is 12.3. The van der Waals surface area contributed by atoms with Gasteiger partial charge in [-0.15, -0.1) is 10.2 Å². The van der Waals surface area contributed by atoms with Gasteiger partial charge in [-0.25, -0.2) is 0 Å². The number of aryl methyl sites for hydroxylation is 1. The topological polar surface area (TPSA) is 132 Å². The van der Waals surface area contributed by atoms with Crippen LogP contribution in [0.2, 0.25) is 10.0 Å². The van der Waals surface area contributed by atoms with E-state index in [-0.39, 0.29) is 23.3 Å². The van der Waals surface area contributed by atoms with Crippen molar-refractivity contribution < 1.29 is 14.5 Å². The summed E-state index contributed by atoms with van der Waals surface area (Å²) in [5.41, 5.74) is 1.46. The van der Waals surface area contributed by atoms with Crippen LogP contribution < -0.4 is 10.6 Å². The van der Waals surface area contributed by atoms with Crippen molar-refractivity contribution in [2.24, 2.45) is 7.05 Å². The second-order valence-electron chi connectivity index (χ2n) is 7.19. The summed E-state index contributed by atoms with van der Waals surface area (Å²) in [4.78, 5) is 34.9. The lowest BCUT2D eigenvalue weighted by molar-refractivity contribution is -0.384. The highest BCUT2D eigenvalue weighted by atomic mass is 35.5. The van der Waals surface area contributed by atoms with E-state index in [0.717, 1.165) is 0 Å². The molecule has 0 spiro atoms. The Morgan fingerprint density at radius 3 is 2.59 bits per heavy atom. The van der Waals surface area contributed by atoms with Crippen molar-refractivity contribution in [1.82, 2.24) is 20.1 Å². The van der Waals surface area contributed by atoms with Gasteiger partial charge in [-0.05, 0) is 36.8 Å². The Hall–Kier alpha value is -3.15. The zero-order valence-corrected chi connectivity index (χ0v) is 20.5. The Morgan fingerprint density at radius 2 is 1.91 bits per heavy atom. The molecule has 0 radical (unpaired) electrons. The van der Waals surface area contributed by atoms with E-state index in [1.165, 1.54) is 36.0 Å². The molecule has 1 heterocycles. The fraction of sp³-hybridized carbons (Fsp3) is 0.238. The minimum Gasteiger partial charge on any atom is -0.352 e. The molecule has 3 aromatic rings. The van der Waals surface area contributed by atoms with E-state index >= 15 is 0 Å². The van der Waals surface area contributed by atoms with Crippen molar-refractivity contribution in [2.45, 2.75) is 18.5 Å². The van der Waals surface area contributed by atoms with E-state index in [1.807, 2.05) is 0 Å². The van der Waals surface area contributed by atoms with Gasteiger partial charge >= 0.3 is 0 Å². The molecule has 13 heteroatoms. The first-order valence-corrected chi connectivity index (χ1v) is 11.7. The van der Waals surface area contributed by atoms with Gasteiger partial charge in [0.05, 0.1) is 20.7 Å². The number of nitrogens with one attached hydrogen (secondary N) is 2. The fourth-order valence-electron chi connectivity index (χ4n) is 2.93. The van der Waals surface area contributed by atoms with Crippen molar-refractivity contribution in [2.75, 3.05) is 17.6 Å². The van der Waals surface area contributed by atoms with Crippen LogP contribution in [-0.4, -0.2) is 43.8 Å². The predicted molar refractivity (Wildman–Crippen MR) is 131 cm³/mol. The third kappa shape index (κ3) is 6.46. The quantitative estimate of drug-likeness (QED) is 0.246. The van der Waals surface area contributed by atoms with Crippen molar-refractivity contribution in [1.29, 1.82) is 0 Å². The normalized spacial score (nSPS) is 10.7. The molecule has 3 rings (SSSR count). The van der Waals surface area contributed by atoms with Crippen LogP contribution in [0.4, 0.5) is 11.4 Å². The number of carbonyl (C=O) groups excluding carboxylic acids is 2. The van der Waals surface area contributed by atoms with Crippen LogP contribution in [0.1, 0.15) is 21.7 Å². The molecule has 2 aromatic carbocycles. The lowest BCUT2D eigenvalue weighted by Gasteiger charge is -2.08. The first kappa shape index (κ1) is 25.5. The van der Waals surface area contributed by atoms with Crippen molar-refractivity contribution in [3.05, 3.63) is 73.5 Å². The Kier molecular flexibility index (Phi) is 8.48. The molecule has 0 unspecified atom stereocenters. The summed E-state index contributed by atoms with van der Waals surface area (Å²) in [7, 11) is 1.77. The van der Waals surface area contributed by atoms with Gasteiger partial charge < -0.3 is 15.2 Å². The molecular formula is C21H20Cl2N6O4S. The van der Waals surface area contributed by atoms with Crippen LogP contribution >= 0.6 is 35.0 Å². The molecule has 0 atom stereocenters. The number of nitro benzene ring substituents is 1. The smallest absolute Gasteiger partial charge is 0.269 e. The summed E-state index contributed by atoms with van der Waals surface area (Å²) in [5, 5.41) is 25.8. The molecule has 0 fully saturated rings. The molecule has 0 bridgehead atoms. The number of carbonyl (C=O) groups is 2. The summed E-state index contributed by atoms with van der Waals surface area (Å²) in [6, 6.07) is 8.89. The zero-order valence-electron chi connectivity index (χ0n) is 18.2. The Labute approximate surface area is 209 Å². The Morgan fingerprint density at radius 1 is 1.15 bits per heavy atom. The van der Waals surface area contributed by atoms with Crippen LogP contribution in [0.15, 0.2) is 41.6 Å². The first-order chi connectivity index (χ1) is 16.2. The molecule has 2 N–H and O–H groups in total. The summed E-state index contributed by atoms with van der Waals surface area (Å²) >= 11 is 13.0. The summed E-state index contributed by atoms with van der Waals surface area (Å²) in [6.07, 6.45) is 0.436. The van der Waals surface area contributed by atoms with E-state index in [9.17, 15) is 19.7 Å². The number of non-ortho nitro benzene ring substituents is 1. The molecule has 0 saturated heterocycles. The standard InChI is InChI=1S/C21H20Cl2N6O4S/c1-12-9-14(29(32)33)4-6-17(12)25-19(30)11-34-21-27-26-18(28(21)2)7-8-24-20(31)13-3-5-15(22)16(23)10-13/h3-6,9-10H,7-8,11H2,1-2H3,(H,24,31)(H,25,30). The van der Waals surface area contributed by atoms with Gasteiger partial charge in [0.2, 0.25) is 5.91 Å². The molecule has 0 aliphatic heterocycles. The molecule has 0 aliphatic carbocycles. The summed E-state index contributed by atoms with van der Waals surface area (Å²) in [5.74, 6) is 0.161. The molecule has 178 valence electrons. The fourth-order valence-corrected chi connectivity index (χ4v) is 3.96. The van der Waals surface area contributed by atoms with Crippen molar-refractivity contribution >= 4 is 58.2 Å². The first-order valence-electron chi connectivity index (χ1n) is 9.95. The maximum Gasteiger partial charge on any atom is 0.269 e. The lowest BCUT2D eigenvalue weighted by atomic mass is 10.2. The van der Waals surface area contributed by atoms with Gasteiger partial charge in [0.15, 0.2) is 5.16 Å². The van der Waals surface area contributed by atoms with E-state index in [2.05, 4.69) is 20.8 Å². The number of halogens is 2.